The Labute approximate surface area is 177 Å². The Hall–Kier alpha value is -2.87. The third-order valence-corrected chi connectivity index (χ3v) is 4.42. The molecule has 0 aliphatic heterocycles. The lowest BCUT2D eigenvalue weighted by atomic mass is 10.1. The smallest absolute Gasteiger partial charge is 0.326 e. The standard InChI is InChI=1S/C16H28N6O7S/c1-30-5-4-8(14(26)22-9(16(28)29)2-3-11(18)23)21-15(27)10(6-12(19)24)20-13(25)7-17/h8-10H,2-7,17H2,1H3,(H2,18,23)(H2,19,24)(H,20,25)(H,21,27)(H,22,26)(H,28,29). The van der Waals surface area contributed by atoms with Gasteiger partial charge in [-0.05, 0) is 24.9 Å². The zero-order chi connectivity index (χ0) is 23.3. The van der Waals surface area contributed by atoms with Crippen LogP contribution in [-0.2, 0) is 28.8 Å². The van der Waals surface area contributed by atoms with Crippen LogP contribution < -0.4 is 33.2 Å². The Morgan fingerprint density at radius 3 is 1.90 bits per heavy atom. The minimum atomic E-state index is -1.39. The second-order valence-corrected chi connectivity index (χ2v) is 7.23. The van der Waals surface area contributed by atoms with Gasteiger partial charge in [0.1, 0.15) is 18.1 Å². The van der Waals surface area contributed by atoms with Gasteiger partial charge in [-0.2, -0.15) is 11.8 Å². The quantitative estimate of drug-likeness (QED) is 0.131. The molecule has 0 aliphatic rings. The van der Waals surface area contributed by atoms with Gasteiger partial charge >= 0.3 is 5.97 Å². The summed E-state index contributed by atoms with van der Waals surface area (Å²) in [5, 5.41) is 16.1. The minimum Gasteiger partial charge on any atom is -0.480 e. The van der Waals surface area contributed by atoms with E-state index in [1.54, 1.807) is 6.26 Å². The van der Waals surface area contributed by atoms with Crippen LogP contribution in [-0.4, -0.2) is 77.3 Å². The molecule has 0 aromatic rings. The molecule has 0 rings (SSSR count). The van der Waals surface area contributed by atoms with Gasteiger partial charge in [-0.25, -0.2) is 4.79 Å². The first-order chi connectivity index (χ1) is 14.0. The Morgan fingerprint density at radius 1 is 0.867 bits per heavy atom. The molecule has 3 unspecified atom stereocenters. The topological polar surface area (TPSA) is 237 Å². The van der Waals surface area contributed by atoms with E-state index in [-0.39, 0.29) is 19.3 Å². The van der Waals surface area contributed by atoms with E-state index < -0.39 is 66.6 Å². The minimum absolute atomic E-state index is 0.134. The van der Waals surface area contributed by atoms with Gasteiger partial charge in [-0.15, -0.1) is 0 Å². The van der Waals surface area contributed by atoms with Gasteiger partial charge in [0.2, 0.25) is 29.5 Å². The molecule has 10 N–H and O–H groups in total. The molecular weight excluding hydrogens is 420 g/mol. The zero-order valence-electron chi connectivity index (χ0n) is 16.5. The summed E-state index contributed by atoms with van der Waals surface area (Å²) in [6, 6.07) is -3.91. The number of nitrogens with two attached hydrogens (primary N) is 3. The van der Waals surface area contributed by atoms with Gasteiger partial charge in [0.05, 0.1) is 13.0 Å². The molecule has 0 aromatic carbocycles. The van der Waals surface area contributed by atoms with Crippen LogP contribution in [0.5, 0.6) is 0 Å². The highest BCUT2D eigenvalue weighted by molar-refractivity contribution is 7.98. The number of nitrogens with one attached hydrogen (secondary N) is 3. The zero-order valence-corrected chi connectivity index (χ0v) is 17.3. The molecule has 13 nitrogen and oxygen atoms in total. The van der Waals surface area contributed by atoms with E-state index in [9.17, 15) is 33.9 Å². The average molecular weight is 449 g/mol. The van der Waals surface area contributed by atoms with Crippen LogP contribution in [0.2, 0.25) is 0 Å². The molecular formula is C16H28N6O7S. The van der Waals surface area contributed by atoms with Crippen molar-refractivity contribution in [3.8, 4) is 0 Å². The van der Waals surface area contributed by atoms with Crippen LogP contribution in [0.3, 0.4) is 0 Å². The van der Waals surface area contributed by atoms with Crippen molar-refractivity contribution < 1.29 is 33.9 Å². The van der Waals surface area contributed by atoms with Crippen LogP contribution in [0.25, 0.3) is 0 Å². The second kappa shape index (κ2) is 14.2. The number of hydrogen-bond acceptors (Lipinski definition) is 8. The van der Waals surface area contributed by atoms with E-state index in [0.717, 1.165) is 0 Å². The number of carboxylic acids is 1. The molecule has 0 saturated heterocycles. The predicted molar refractivity (Wildman–Crippen MR) is 108 cm³/mol. The Morgan fingerprint density at radius 2 is 1.43 bits per heavy atom. The molecule has 0 bridgehead atoms. The first-order valence-corrected chi connectivity index (χ1v) is 10.3. The molecule has 0 radical (unpaired) electrons. The highest BCUT2D eigenvalue weighted by Crippen LogP contribution is 2.05. The van der Waals surface area contributed by atoms with Crippen molar-refractivity contribution in [1.82, 2.24) is 16.0 Å². The van der Waals surface area contributed by atoms with E-state index in [1.165, 1.54) is 11.8 Å². The number of carbonyl (C=O) groups is 6. The molecule has 30 heavy (non-hydrogen) atoms. The van der Waals surface area contributed by atoms with Crippen LogP contribution in [0.1, 0.15) is 25.7 Å². The number of primary amides is 2. The third-order valence-electron chi connectivity index (χ3n) is 3.78. The van der Waals surface area contributed by atoms with Gasteiger partial charge in [0, 0.05) is 6.42 Å². The summed E-state index contributed by atoms with van der Waals surface area (Å²) in [4.78, 5) is 70.0. The van der Waals surface area contributed by atoms with Crippen LogP contribution in [0.15, 0.2) is 0 Å². The van der Waals surface area contributed by atoms with Crippen molar-refractivity contribution in [2.45, 2.75) is 43.8 Å². The second-order valence-electron chi connectivity index (χ2n) is 6.24. The lowest BCUT2D eigenvalue weighted by molar-refractivity contribution is -0.142. The average Bonchev–Trinajstić information content (AvgIpc) is 2.66. The molecule has 0 saturated carbocycles. The van der Waals surface area contributed by atoms with Crippen molar-refractivity contribution in [2.24, 2.45) is 17.2 Å². The van der Waals surface area contributed by atoms with Crippen LogP contribution >= 0.6 is 11.8 Å². The van der Waals surface area contributed by atoms with Crippen molar-refractivity contribution in [2.75, 3.05) is 18.6 Å². The molecule has 0 fully saturated rings. The molecule has 0 heterocycles. The number of thioether (sulfide) groups is 1. The Balaban J connectivity index is 5.33. The highest BCUT2D eigenvalue weighted by atomic mass is 32.2. The summed E-state index contributed by atoms with van der Waals surface area (Å²) in [6.07, 6.45) is 0.891. The fourth-order valence-corrected chi connectivity index (χ4v) is 2.73. The molecule has 14 heteroatoms. The van der Waals surface area contributed by atoms with Crippen LogP contribution in [0.4, 0.5) is 0 Å². The first-order valence-electron chi connectivity index (χ1n) is 8.90. The van der Waals surface area contributed by atoms with Crippen molar-refractivity contribution in [1.29, 1.82) is 0 Å². The van der Waals surface area contributed by atoms with Crippen LogP contribution in [0, 0.1) is 0 Å². The maximum atomic E-state index is 12.6. The third kappa shape index (κ3) is 11.2. The maximum Gasteiger partial charge on any atom is 0.326 e. The molecule has 3 atom stereocenters. The molecule has 170 valence electrons. The highest BCUT2D eigenvalue weighted by Gasteiger charge is 2.30. The lowest BCUT2D eigenvalue weighted by Crippen LogP contribution is -2.57. The normalized spacial score (nSPS) is 13.4. The van der Waals surface area contributed by atoms with Gasteiger partial charge in [0.15, 0.2) is 0 Å². The maximum absolute atomic E-state index is 12.6. The first kappa shape index (κ1) is 27.1. The summed E-state index contributed by atoms with van der Waals surface area (Å²) in [6.45, 7) is -0.431. The molecule has 0 spiro atoms. The molecule has 0 aromatic heterocycles. The number of aliphatic carboxylic acids is 1. The van der Waals surface area contributed by atoms with E-state index in [2.05, 4.69) is 16.0 Å². The Kier molecular flexibility index (Phi) is 12.8. The van der Waals surface area contributed by atoms with Gasteiger partial charge in [0.25, 0.3) is 0 Å². The van der Waals surface area contributed by atoms with Gasteiger partial charge in [-0.3, -0.25) is 24.0 Å². The Bertz CT molecular complexity index is 660. The van der Waals surface area contributed by atoms with E-state index in [0.29, 0.717) is 5.75 Å². The fraction of sp³-hybridized carbons (Fsp3) is 0.625. The number of carboxylic acid groups (broad SMARTS) is 1. The van der Waals surface area contributed by atoms with Gasteiger partial charge < -0.3 is 38.3 Å². The summed E-state index contributed by atoms with van der Waals surface area (Å²) in [5.41, 5.74) is 15.3. The summed E-state index contributed by atoms with van der Waals surface area (Å²) in [5.74, 6) is -4.91. The van der Waals surface area contributed by atoms with E-state index in [4.69, 9.17) is 17.2 Å². The summed E-state index contributed by atoms with van der Waals surface area (Å²) >= 11 is 1.38. The SMILES string of the molecule is CSCCC(NC(=O)C(CC(N)=O)NC(=O)CN)C(=O)NC(CCC(N)=O)C(=O)O. The molecule has 5 amide bonds. The lowest BCUT2D eigenvalue weighted by Gasteiger charge is -2.24. The number of hydrogen-bond donors (Lipinski definition) is 7. The largest absolute Gasteiger partial charge is 0.480 e. The summed E-state index contributed by atoms with van der Waals surface area (Å²) < 4.78 is 0. The van der Waals surface area contributed by atoms with Crippen molar-refractivity contribution >= 4 is 47.3 Å². The monoisotopic (exact) mass is 448 g/mol. The number of rotatable bonds is 15. The number of amides is 5. The van der Waals surface area contributed by atoms with E-state index >= 15 is 0 Å². The fourth-order valence-electron chi connectivity index (χ4n) is 2.26. The molecule has 0 aliphatic carbocycles. The predicted octanol–water partition coefficient (Wildman–Crippen LogP) is -3.62. The number of carbonyl (C=O) groups excluding carboxylic acids is 5. The van der Waals surface area contributed by atoms with Crippen molar-refractivity contribution in [3.05, 3.63) is 0 Å². The van der Waals surface area contributed by atoms with Crippen molar-refractivity contribution in [3.63, 3.8) is 0 Å². The summed E-state index contributed by atoms with van der Waals surface area (Å²) in [7, 11) is 0. The van der Waals surface area contributed by atoms with Gasteiger partial charge in [-0.1, -0.05) is 0 Å². The van der Waals surface area contributed by atoms with E-state index in [1.807, 2.05) is 0 Å².